The molecule has 12 heavy (non-hydrogen) atoms. The summed E-state index contributed by atoms with van der Waals surface area (Å²) >= 11 is 0. The second kappa shape index (κ2) is 3.13. The maximum Gasteiger partial charge on any atom is 0.168 e. The van der Waals surface area contributed by atoms with Gasteiger partial charge in [0.2, 0.25) is 0 Å². The Kier molecular flexibility index (Phi) is 2.19. The van der Waals surface area contributed by atoms with E-state index in [1.54, 1.807) is 0 Å². The second-order valence-electron chi connectivity index (χ2n) is 2.34. The highest BCUT2D eigenvalue weighted by Crippen LogP contribution is 2.09. The molecule has 1 heterocycles. The van der Waals surface area contributed by atoms with E-state index in [0.717, 1.165) is 0 Å². The highest BCUT2D eigenvalue weighted by molar-refractivity contribution is 5.98. The van der Waals surface area contributed by atoms with Crippen LogP contribution in [0.3, 0.4) is 0 Å². The molecular formula is C8H8N2O2. The fourth-order valence-electron chi connectivity index (χ4n) is 0.854. The van der Waals surface area contributed by atoms with Crippen LogP contribution in [0.15, 0.2) is 12.1 Å². The summed E-state index contributed by atoms with van der Waals surface area (Å²) in [5.74, 6) is -0.0513. The highest BCUT2D eigenvalue weighted by atomic mass is 16.1. The van der Waals surface area contributed by atoms with Crippen molar-refractivity contribution in [3.05, 3.63) is 23.4 Å². The molecule has 0 radical (unpaired) electrons. The number of anilines is 1. The van der Waals surface area contributed by atoms with Crippen LogP contribution in [0.5, 0.6) is 0 Å². The first kappa shape index (κ1) is 8.39. The van der Waals surface area contributed by atoms with Crippen LogP contribution in [0.1, 0.15) is 27.8 Å². The minimum absolute atomic E-state index is 0.104. The summed E-state index contributed by atoms with van der Waals surface area (Å²) in [5.41, 5.74) is 5.99. The molecule has 0 saturated carbocycles. The number of pyridine rings is 1. The van der Waals surface area contributed by atoms with Gasteiger partial charge in [0.1, 0.15) is 11.5 Å². The van der Waals surface area contributed by atoms with Gasteiger partial charge in [-0.3, -0.25) is 9.59 Å². The van der Waals surface area contributed by atoms with Crippen LogP contribution in [-0.2, 0) is 0 Å². The number of hydrogen-bond donors (Lipinski definition) is 1. The number of hydrogen-bond acceptors (Lipinski definition) is 4. The molecular weight excluding hydrogens is 156 g/mol. The van der Waals surface area contributed by atoms with Crippen LogP contribution in [0.4, 0.5) is 5.82 Å². The average molecular weight is 164 g/mol. The quantitative estimate of drug-likeness (QED) is 0.515. The number of ketones is 1. The van der Waals surface area contributed by atoms with Crippen LogP contribution in [0.25, 0.3) is 0 Å². The largest absolute Gasteiger partial charge is 0.383 e. The molecule has 0 saturated heterocycles. The smallest absolute Gasteiger partial charge is 0.168 e. The number of nitrogens with two attached hydrogens (primary N) is 1. The summed E-state index contributed by atoms with van der Waals surface area (Å²) in [7, 11) is 0. The van der Waals surface area contributed by atoms with Crippen molar-refractivity contribution in [3.8, 4) is 0 Å². The lowest BCUT2D eigenvalue weighted by Gasteiger charge is -1.99. The van der Waals surface area contributed by atoms with Gasteiger partial charge in [0, 0.05) is 0 Å². The van der Waals surface area contributed by atoms with Gasteiger partial charge >= 0.3 is 0 Å². The van der Waals surface area contributed by atoms with E-state index in [2.05, 4.69) is 4.98 Å². The van der Waals surface area contributed by atoms with E-state index in [-0.39, 0.29) is 17.3 Å². The van der Waals surface area contributed by atoms with Crippen LogP contribution in [0.2, 0.25) is 0 Å². The predicted molar refractivity (Wildman–Crippen MR) is 44.0 cm³/mol. The van der Waals surface area contributed by atoms with Gasteiger partial charge in [-0.15, -0.1) is 0 Å². The molecule has 0 aliphatic carbocycles. The molecule has 4 nitrogen and oxygen atoms in total. The number of nitrogen functional groups attached to an aromatic ring is 1. The topological polar surface area (TPSA) is 73.0 Å². The number of aldehydes is 1. The molecule has 4 heteroatoms. The summed E-state index contributed by atoms with van der Waals surface area (Å²) in [6.45, 7) is 1.40. The Morgan fingerprint density at radius 3 is 2.67 bits per heavy atom. The lowest BCUT2D eigenvalue weighted by Crippen LogP contribution is -2.03. The SMILES string of the molecule is CC(=O)c1ccc(C=O)nc1N. The Morgan fingerprint density at radius 2 is 2.25 bits per heavy atom. The third-order valence-electron chi connectivity index (χ3n) is 1.45. The van der Waals surface area contributed by atoms with Crippen molar-refractivity contribution in [1.29, 1.82) is 0 Å². The van der Waals surface area contributed by atoms with Gasteiger partial charge in [0.15, 0.2) is 12.1 Å². The van der Waals surface area contributed by atoms with E-state index in [1.807, 2.05) is 0 Å². The van der Waals surface area contributed by atoms with E-state index in [4.69, 9.17) is 5.73 Å². The van der Waals surface area contributed by atoms with Crippen LogP contribution in [-0.4, -0.2) is 17.1 Å². The van der Waals surface area contributed by atoms with Crippen LogP contribution < -0.4 is 5.73 Å². The Balaban J connectivity index is 3.20. The maximum atomic E-state index is 10.9. The Bertz CT molecular complexity index is 334. The van der Waals surface area contributed by atoms with E-state index >= 15 is 0 Å². The molecule has 0 aliphatic heterocycles. The molecule has 0 aliphatic rings. The minimum atomic E-state index is -0.155. The van der Waals surface area contributed by atoms with Gasteiger partial charge in [-0.05, 0) is 19.1 Å². The van der Waals surface area contributed by atoms with Crippen molar-refractivity contribution < 1.29 is 9.59 Å². The number of nitrogens with zero attached hydrogens (tertiary/aromatic N) is 1. The van der Waals surface area contributed by atoms with Gasteiger partial charge in [0.25, 0.3) is 0 Å². The molecule has 0 unspecified atom stereocenters. The second-order valence-corrected chi connectivity index (χ2v) is 2.34. The Hall–Kier alpha value is -1.71. The van der Waals surface area contributed by atoms with Crippen molar-refractivity contribution in [2.75, 3.05) is 5.73 Å². The average Bonchev–Trinajstić information content (AvgIpc) is 2.03. The third-order valence-corrected chi connectivity index (χ3v) is 1.45. The molecule has 2 N–H and O–H groups in total. The Labute approximate surface area is 69.4 Å². The van der Waals surface area contributed by atoms with Crippen molar-refractivity contribution in [1.82, 2.24) is 4.98 Å². The monoisotopic (exact) mass is 164 g/mol. The molecule has 0 amide bonds. The van der Waals surface area contributed by atoms with Crippen molar-refractivity contribution >= 4 is 17.9 Å². The van der Waals surface area contributed by atoms with E-state index in [1.165, 1.54) is 19.1 Å². The zero-order chi connectivity index (χ0) is 9.14. The predicted octanol–water partition coefficient (Wildman–Crippen LogP) is 0.679. The molecule has 0 bridgehead atoms. The van der Waals surface area contributed by atoms with Gasteiger partial charge in [-0.2, -0.15) is 0 Å². The summed E-state index contributed by atoms with van der Waals surface area (Å²) in [6.07, 6.45) is 0.584. The number of Topliss-reactive ketones (excluding diaryl/α,β-unsaturated/α-hetero) is 1. The van der Waals surface area contributed by atoms with Gasteiger partial charge in [-0.25, -0.2) is 4.98 Å². The molecule has 0 atom stereocenters. The number of carbonyl (C=O) groups is 2. The molecule has 0 fully saturated rings. The van der Waals surface area contributed by atoms with Crippen LogP contribution >= 0.6 is 0 Å². The summed E-state index contributed by atoms with van der Waals surface area (Å²) in [5, 5.41) is 0. The van der Waals surface area contributed by atoms with Gasteiger partial charge in [-0.1, -0.05) is 0 Å². The number of carbonyl (C=O) groups excluding carboxylic acids is 2. The Morgan fingerprint density at radius 1 is 1.58 bits per heavy atom. The summed E-state index contributed by atoms with van der Waals surface area (Å²) < 4.78 is 0. The molecule has 0 aromatic carbocycles. The molecule has 1 rings (SSSR count). The first-order valence-electron chi connectivity index (χ1n) is 3.38. The summed E-state index contributed by atoms with van der Waals surface area (Å²) in [6, 6.07) is 2.95. The molecule has 1 aromatic rings. The van der Waals surface area contributed by atoms with E-state index in [9.17, 15) is 9.59 Å². The van der Waals surface area contributed by atoms with Gasteiger partial charge < -0.3 is 5.73 Å². The highest BCUT2D eigenvalue weighted by Gasteiger charge is 2.05. The van der Waals surface area contributed by atoms with Crippen molar-refractivity contribution in [2.24, 2.45) is 0 Å². The minimum Gasteiger partial charge on any atom is -0.383 e. The van der Waals surface area contributed by atoms with Crippen molar-refractivity contribution in [2.45, 2.75) is 6.92 Å². The van der Waals surface area contributed by atoms with E-state index in [0.29, 0.717) is 11.8 Å². The van der Waals surface area contributed by atoms with Gasteiger partial charge in [0.05, 0.1) is 5.56 Å². The molecule has 62 valence electrons. The maximum absolute atomic E-state index is 10.9. The molecule has 0 spiro atoms. The molecule has 1 aromatic heterocycles. The summed E-state index contributed by atoms with van der Waals surface area (Å²) in [4.78, 5) is 24.8. The zero-order valence-corrected chi connectivity index (χ0v) is 6.57. The number of rotatable bonds is 2. The normalized spacial score (nSPS) is 9.42. The lowest BCUT2D eigenvalue weighted by atomic mass is 10.2. The third kappa shape index (κ3) is 1.47. The number of aromatic nitrogens is 1. The van der Waals surface area contributed by atoms with E-state index < -0.39 is 0 Å². The first-order chi connectivity index (χ1) is 5.65. The van der Waals surface area contributed by atoms with Crippen LogP contribution in [0, 0.1) is 0 Å². The lowest BCUT2D eigenvalue weighted by molar-refractivity contribution is 0.101. The fraction of sp³-hybridized carbons (Fsp3) is 0.125. The zero-order valence-electron chi connectivity index (χ0n) is 6.57. The standard InChI is InChI=1S/C8H8N2O2/c1-5(12)7-3-2-6(4-11)10-8(7)9/h2-4H,1H3,(H2,9,10). The first-order valence-corrected chi connectivity index (χ1v) is 3.38. The van der Waals surface area contributed by atoms with Crippen molar-refractivity contribution in [3.63, 3.8) is 0 Å². The fourth-order valence-corrected chi connectivity index (χ4v) is 0.854.